The summed E-state index contributed by atoms with van der Waals surface area (Å²) in [6.07, 6.45) is 3.16. The molecule has 0 fully saturated rings. The van der Waals surface area contributed by atoms with Crippen molar-refractivity contribution in [2.24, 2.45) is 0 Å². The Morgan fingerprint density at radius 3 is 2.30 bits per heavy atom. The Labute approximate surface area is 165 Å². The summed E-state index contributed by atoms with van der Waals surface area (Å²) in [6, 6.07) is 9.18. The number of nitrogens with one attached hydrogen (secondary N) is 3. The van der Waals surface area contributed by atoms with Crippen molar-refractivity contribution in [3.63, 3.8) is 0 Å². The zero-order valence-electron chi connectivity index (χ0n) is 14.2. The first-order valence-electron chi connectivity index (χ1n) is 8.35. The number of fused-ring (bicyclic) bond motifs is 1. The quantitative estimate of drug-likeness (QED) is 0.621. The van der Waals surface area contributed by atoms with Gasteiger partial charge < -0.3 is 20.2 Å². The molecule has 1 aromatic carbocycles. The van der Waals surface area contributed by atoms with Crippen molar-refractivity contribution >= 4 is 35.0 Å². The number of amides is 2. The van der Waals surface area contributed by atoms with Crippen molar-refractivity contribution < 1.29 is 9.59 Å². The number of halogens is 2. The van der Waals surface area contributed by atoms with E-state index in [1.807, 2.05) is 18.2 Å². The highest BCUT2D eigenvalue weighted by atomic mass is 35.5. The summed E-state index contributed by atoms with van der Waals surface area (Å²) in [5.74, 6) is -0.306. The highest BCUT2D eigenvalue weighted by molar-refractivity contribution is 6.31. The molecule has 27 heavy (non-hydrogen) atoms. The molecule has 3 heterocycles. The topological polar surface area (TPSA) is 81.0 Å². The zero-order valence-corrected chi connectivity index (χ0v) is 15.7. The minimum Gasteiger partial charge on any atom is -0.356 e. The first-order valence-corrected chi connectivity index (χ1v) is 9.11. The van der Waals surface area contributed by atoms with E-state index in [1.54, 1.807) is 29.4 Å². The van der Waals surface area contributed by atoms with Crippen LogP contribution < -0.4 is 5.32 Å². The standard InChI is InChI=1S/C19H16Cl2N4O2/c20-14-4-16(22-7-14)18(26)24-6-11-1-2-12-9-25(10-13(12)3-11)19(27)17-5-15(21)8-23-17/h1-5,7-8,22-23H,6,9-10H2,(H,24,26). The van der Waals surface area contributed by atoms with Gasteiger partial charge in [-0.25, -0.2) is 0 Å². The fourth-order valence-corrected chi connectivity index (χ4v) is 3.47. The first-order chi connectivity index (χ1) is 13.0. The van der Waals surface area contributed by atoms with Crippen LogP contribution in [0.15, 0.2) is 42.7 Å². The van der Waals surface area contributed by atoms with Crippen LogP contribution in [0, 0.1) is 0 Å². The van der Waals surface area contributed by atoms with E-state index in [2.05, 4.69) is 15.3 Å². The third-order valence-corrected chi connectivity index (χ3v) is 4.94. The lowest BCUT2D eigenvalue weighted by atomic mass is 10.1. The number of carbonyl (C=O) groups is 2. The van der Waals surface area contributed by atoms with Crippen LogP contribution in [-0.2, 0) is 19.6 Å². The fraction of sp³-hybridized carbons (Fsp3) is 0.158. The predicted molar refractivity (Wildman–Crippen MR) is 103 cm³/mol. The number of hydrogen-bond donors (Lipinski definition) is 3. The number of aromatic nitrogens is 2. The molecule has 2 aromatic heterocycles. The second-order valence-corrected chi connectivity index (χ2v) is 7.28. The fourth-order valence-electron chi connectivity index (χ4n) is 3.14. The third kappa shape index (κ3) is 3.72. The van der Waals surface area contributed by atoms with E-state index in [0.717, 1.165) is 16.7 Å². The Bertz CT molecular complexity index is 1020. The maximum Gasteiger partial charge on any atom is 0.270 e. The van der Waals surface area contributed by atoms with E-state index in [0.29, 0.717) is 41.1 Å². The van der Waals surface area contributed by atoms with Crippen molar-refractivity contribution in [1.29, 1.82) is 0 Å². The number of benzene rings is 1. The monoisotopic (exact) mass is 402 g/mol. The van der Waals surface area contributed by atoms with Gasteiger partial charge in [-0.2, -0.15) is 0 Å². The van der Waals surface area contributed by atoms with Crippen molar-refractivity contribution in [2.75, 3.05) is 0 Å². The summed E-state index contributed by atoms with van der Waals surface area (Å²) < 4.78 is 0. The molecule has 0 spiro atoms. The van der Waals surface area contributed by atoms with Crippen molar-refractivity contribution in [3.8, 4) is 0 Å². The molecule has 1 aliphatic rings. The molecule has 2 amide bonds. The molecule has 0 atom stereocenters. The van der Waals surface area contributed by atoms with Crippen LogP contribution in [0.4, 0.5) is 0 Å². The maximum absolute atomic E-state index is 12.6. The summed E-state index contributed by atoms with van der Waals surface area (Å²) >= 11 is 11.7. The van der Waals surface area contributed by atoms with Gasteiger partial charge in [0.15, 0.2) is 0 Å². The predicted octanol–water partition coefficient (Wildman–Crippen LogP) is 3.74. The molecule has 0 aliphatic carbocycles. The van der Waals surface area contributed by atoms with Gasteiger partial charge in [-0.05, 0) is 28.8 Å². The Balaban J connectivity index is 1.40. The second-order valence-electron chi connectivity index (χ2n) is 6.41. The zero-order chi connectivity index (χ0) is 19.0. The highest BCUT2D eigenvalue weighted by Gasteiger charge is 2.25. The van der Waals surface area contributed by atoms with Crippen molar-refractivity contribution in [2.45, 2.75) is 19.6 Å². The van der Waals surface area contributed by atoms with E-state index in [9.17, 15) is 9.59 Å². The lowest BCUT2D eigenvalue weighted by molar-refractivity contribution is 0.0746. The first kappa shape index (κ1) is 17.7. The largest absolute Gasteiger partial charge is 0.356 e. The molecular formula is C19H16Cl2N4O2. The SMILES string of the molecule is O=C(NCc1ccc2c(c1)CN(C(=O)c1cc(Cl)c[nH]1)C2)c1cc(Cl)c[nH]1. The summed E-state index contributed by atoms with van der Waals surface area (Å²) in [6.45, 7) is 1.47. The molecule has 6 nitrogen and oxygen atoms in total. The molecule has 1 aliphatic heterocycles. The summed E-state index contributed by atoms with van der Waals surface area (Å²) in [4.78, 5) is 32.1. The molecule has 138 valence electrons. The second kappa shape index (κ2) is 7.13. The van der Waals surface area contributed by atoms with Gasteiger partial charge in [0.1, 0.15) is 11.4 Å². The van der Waals surface area contributed by atoms with E-state index >= 15 is 0 Å². The minimum atomic E-state index is -0.220. The Morgan fingerprint density at radius 2 is 1.63 bits per heavy atom. The molecule has 8 heteroatoms. The lowest BCUT2D eigenvalue weighted by Gasteiger charge is -2.13. The molecule has 3 aromatic rings. The summed E-state index contributed by atoms with van der Waals surface area (Å²) in [7, 11) is 0. The smallest absolute Gasteiger partial charge is 0.270 e. The molecule has 3 N–H and O–H groups in total. The van der Waals surface area contributed by atoms with E-state index in [-0.39, 0.29) is 11.8 Å². The van der Waals surface area contributed by atoms with Crippen LogP contribution in [0.25, 0.3) is 0 Å². The number of nitrogens with zero attached hydrogens (tertiary/aromatic N) is 1. The molecule has 0 radical (unpaired) electrons. The molecule has 0 saturated carbocycles. The van der Waals surface area contributed by atoms with Gasteiger partial charge in [-0.3, -0.25) is 9.59 Å². The van der Waals surface area contributed by atoms with Crippen LogP contribution in [0.1, 0.15) is 37.7 Å². The number of hydrogen-bond acceptors (Lipinski definition) is 2. The van der Waals surface area contributed by atoms with Gasteiger partial charge >= 0.3 is 0 Å². The van der Waals surface area contributed by atoms with Crippen LogP contribution in [0.2, 0.25) is 10.0 Å². The average molecular weight is 403 g/mol. The Kier molecular flexibility index (Phi) is 4.68. The third-order valence-electron chi connectivity index (χ3n) is 4.50. The van der Waals surface area contributed by atoms with Gasteiger partial charge in [-0.15, -0.1) is 0 Å². The van der Waals surface area contributed by atoms with Gasteiger partial charge in [0, 0.05) is 32.0 Å². The van der Waals surface area contributed by atoms with E-state index in [1.165, 1.54) is 0 Å². The summed E-state index contributed by atoms with van der Waals surface area (Å²) in [5.41, 5.74) is 4.05. The molecule has 0 unspecified atom stereocenters. The van der Waals surface area contributed by atoms with Gasteiger partial charge in [0.2, 0.25) is 0 Å². The van der Waals surface area contributed by atoms with E-state index in [4.69, 9.17) is 23.2 Å². The molecule has 0 bridgehead atoms. The lowest BCUT2D eigenvalue weighted by Crippen LogP contribution is -2.25. The van der Waals surface area contributed by atoms with Crippen LogP contribution >= 0.6 is 23.2 Å². The normalized spacial score (nSPS) is 12.9. The molecule has 0 saturated heterocycles. The minimum absolute atomic E-state index is 0.0865. The van der Waals surface area contributed by atoms with Crippen molar-refractivity contribution in [3.05, 3.63) is 80.8 Å². The Morgan fingerprint density at radius 1 is 0.963 bits per heavy atom. The Hall–Kier alpha value is -2.70. The van der Waals surface area contributed by atoms with Crippen molar-refractivity contribution in [1.82, 2.24) is 20.2 Å². The number of aromatic amines is 2. The van der Waals surface area contributed by atoms with Crippen LogP contribution in [-0.4, -0.2) is 26.7 Å². The van der Waals surface area contributed by atoms with Crippen LogP contribution in [0.3, 0.4) is 0 Å². The summed E-state index contributed by atoms with van der Waals surface area (Å²) in [5, 5.41) is 3.86. The van der Waals surface area contributed by atoms with Gasteiger partial charge in [0.05, 0.1) is 10.0 Å². The molecule has 4 rings (SSSR count). The molecular weight excluding hydrogens is 387 g/mol. The maximum atomic E-state index is 12.6. The van der Waals surface area contributed by atoms with E-state index < -0.39 is 0 Å². The van der Waals surface area contributed by atoms with Crippen LogP contribution in [0.5, 0.6) is 0 Å². The van der Waals surface area contributed by atoms with Gasteiger partial charge in [0.25, 0.3) is 11.8 Å². The van der Waals surface area contributed by atoms with Gasteiger partial charge in [-0.1, -0.05) is 41.4 Å². The number of H-pyrrole nitrogens is 2. The highest BCUT2D eigenvalue weighted by Crippen LogP contribution is 2.26. The number of rotatable bonds is 4. The average Bonchev–Trinajstić information content (AvgIpc) is 3.38. The number of carbonyl (C=O) groups excluding carboxylic acids is 2.